The molecule has 0 aromatic rings. The fourth-order valence-corrected chi connectivity index (χ4v) is 11.6. The second-order valence-corrected chi connectivity index (χ2v) is 20.9. The fourth-order valence-electron chi connectivity index (χ4n) is 11.6. The lowest BCUT2D eigenvalue weighted by molar-refractivity contribution is -0.150. The average molecular weight is 858 g/mol. The predicted molar refractivity (Wildman–Crippen MR) is 253 cm³/mol. The molecule has 0 amide bonds. The van der Waals surface area contributed by atoms with Gasteiger partial charge in [-0.1, -0.05) is 137 Å². The number of hydrogen-bond donors (Lipinski definition) is 0. The third kappa shape index (κ3) is 23.2. The zero-order valence-electron chi connectivity index (χ0n) is 41.0. The van der Waals surface area contributed by atoms with Gasteiger partial charge in [-0.3, -0.25) is 14.4 Å². The summed E-state index contributed by atoms with van der Waals surface area (Å²) in [6, 6.07) is 0. The molecule has 0 aromatic carbocycles. The molecular weight excluding hydrogens is 759 g/mol. The summed E-state index contributed by atoms with van der Waals surface area (Å²) < 4.78 is 17.8. The van der Waals surface area contributed by atoms with Crippen molar-refractivity contribution in [3.05, 3.63) is 0 Å². The van der Waals surface area contributed by atoms with E-state index in [-0.39, 0.29) is 24.0 Å². The van der Waals surface area contributed by atoms with Crippen LogP contribution in [0.25, 0.3) is 0 Å². The molecule has 7 heteroatoms. The summed E-state index contributed by atoms with van der Waals surface area (Å²) >= 11 is 0. The fraction of sp³-hybridized carbons (Fsp3) is 0.944. The van der Waals surface area contributed by atoms with Gasteiger partial charge in [0.2, 0.25) is 0 Å². The largest absolute Gasteiger partial charge is 0.466 e. The molecule has 2 bridgehead atoms. The third-order valence-electron chi connectivity index (χ3n) is 15.5. The van der Waals surface area contributed by atoms with Crippen LogP contribution in [0.1, 0.15) is 240 Å². The van der Waals surface area contributed by atoms with Gasteiger partial charge in [0.05, 0.1) is 13.2 Å². The van der Waals surface area contributed by atoms with Crippen molar-refractivity contribution < 1.29 is 28.6 Å². The Kier molecular flexibility index (Phi) is 29.0. The summed E-state index contributed by atoms with van der Waals surface area (Å²) in [6.45, 7) is 11.5. The van der Waals surface area contributed by atoms with Gasteiger partial charge in [-0.2, -0.15) is 0 Å². The van der Waals surface area contributed by atoms with E-state index in [1.165, 1.54) is 103 Å². The van der Waals surface area contributed by atoms with Gasteiger partial charge in [0.1, 0.15) is 6.10 Å². The van der Waals surface area contributed by atoms with E-state index in [1.807, 2.05) is 14.1 Å². The smallest absolute Gasteiger partial charge is 0.306 e. The van der Waals surface area contributed by atoms with Gasteiger partial charge in [-0.25, -0.2) is 0 Å². The first-order valence-electron chi connectivity index (χ1n) is 26.8. The van der Waals surface area contributed by atoms with Crippen LogP contribution < -0.4 is 0 Å². The second-order valence-electron chi connectivity index (χ2n) is 20.9. The van der Waals surface area contributed by atoms with Gasteiger partial charge in [0.15, 0.2) is 0 Å². The van der Waals surface area contributed by atoms with Gasteiger partial charge < -0.3 is 19.1 Å². The zero-order valence-corrected chi connectivity index (χ0v) is 41.0. The maximum Gasteiger partial charge on any atom is 0.306 e. The third-order valence-corrected chi connectivity index (χ3v) is 15.5. The first kappa shape index (κ1) is 53.7. The zero-order chi connectivity index (χ0) is 44.1. The lowest BCUT2D eigenvalue weighted by Gasteiger charge is -2.47. The molecule has 3 saturated carbocycles. The van der Waals surface area contributed by atoms with Crippen LogP contribution in [0.5, 0.6) is 0 Å². The van der Waals surface area contributed by atoms with Gasteiger partial charge in [0.25, 0.3) is 0 Å². The number of hydrogen-bond acceptors (Lipinski definition) is 7. The van der Waals surface area contributed by atoms with E-state index >= 15 is 0 Å². The molecule has 3 fully saturated rings. The standard InChI is InChI=1S/C54H99NO6/c1-7-10-18-25-45(26-19-11-8-2)36-38-59-52(56)29-22-16-12-14-20-27-48(61-54(58)31-24-37-55(5)6)28-21-15-13-17-23-30-53(57)60-42-51-46-34-32-43(4)33-35-49(51)50-40-44(9-3)39-47(50)41-46/h43-51H,7-42H2,1-6H3. The number of unbranched alkanes of at least 4 members (excludes halogenated alkanes) is 12. The minimum atomic E-state index is -0.0667. The lowest BCUT2D eigenvalue weighted by Crippen LogP contribution is -2.42. The molecule has 0 aromatic heterocycles. The van der Waals surface area contributed by atoms with Crippen LogP contribution in [0, 0.1) is 47.3 Å². The van der Waals surface area contributed by atoms with Crippen molar-refractivity contribution in [1.82, 2.24) is 4.90 Å². The number of rotatable bonds is 35. The van der Waals surface area contributed by atoms with Crippen molar-refractivity contribution in [1.29, 1.82) is 0 Å². The van der Waals surface area contributed by atoms with Gasteiger partial charge in [0, 0.05) is 19.3 Å². The van der Waals surface area contributed by atoms with Crippen LogP contribution in [-0.2, 0) is 28.6 Å². The normalized spacial score (nSPS) is 24.3. The molecule has 3 rings (SSSR count). The van der Waals surface area contributed by atoms with Crippen molar-refractivity contribution in [2.45, 2.75) is 246 Å². The highest BCUT2D eigenvalue weighted by atomic mass is 16.5. The quantitative estimate of drug-likeness (QED) is 0.0357. The average Bonchev–Trinajstić information content (AvgIpc) is 3.66. The number of carbonyl (C=O) groups is 3. The van der Waals surface area contributed by atoms with E-state index in [4.69, 9.17) is 14.2 Å². The van der Waals surface area contributed by atoms with E-state index in [2.05, 4.69) is 32.6 Å². The molecule has 356 valence electrons. The molecule has 0 saturated heterocycles. The molecule has 3 aliphatic carbocycles. The molecule has 61 heavy (non-hydrogen) atoms. The van der Waals surface area contributed by atoms with Crippen LogP contribution in [0.3, 0.4) is 0 Å². The first-order chi connectivity index (χ1) is 29.6. The molecule has 3 aliphatic rings. The van der Waals surface area contributed by atoms with Crippen molar-refractivity contribution >= 4 is 17.9 Å². The van der Waals surface area contributed by atoms with E-state index in [1.54, 1.807) is 0 Å². The van der Waals surface area contributed by atoms with E-state index in [9.17, 15) is 14.4 Å². The Morgan fingerprint density at radius 2 is 1.13 bits per heavy atom. The number of fused-ring (bicyclic) bond motifs is 4. The van der Waals surface area contributed by atoms with E-state index in [0.29, 0.717) is 44.3 Å². The highest BCUT2D eigenvalue weighted by molar-refractivity contribution is 5.70. The lowest BCUT2D eigenvalue weighted by atomic mass is 9.59. The molecular formula is C54H99NO6. The van der Waals surface area contributed by atoms with Crippen LogP contribution >= 0.6 is 0 Å². The Hall–Kier alpha value is -1.63. The Morgan fingerprint density at radius 1 is 0.557 bits per heavy atom. The Labute approximate surface area is 377 Å². The highest BCUT2D eigenvalue weighted by Crippen LogP contribution is 2.56. The molecule has 0 N–H and O–H groups in total. The van der Waals surface area contributed by atoms with Crippen molar-refractivity contribution in [2.24, 2.45) is 47.3 Å². The van der Waals surface area contributed by atoms with E-state index < -0.39 is 0 Å². The minimum Gasteiger partial charge on any atom is -0.466 e. The Balaban J connectivity index is 1.28. The summed E-state index contributed by atoms with van der Waals surface area (Å²) in [5.74, 6) is 6.21. The van der Waals surface area contributed by atoms with Crippen molar-refractivity contribution in [2.75, 3.05) is 33.9 Å². The van der Waals surface area contributed by atoms with Crippen LogP contribution in [0.15, 0.2) is 0 Å². The summed E-state index contributed by atoms with van der Waals surface area (Å²) in [5, 5.41) is 0. The topological polar surface area (TPSA) is 82.1 Å². The monoisotopic (exact) mass is 858 g/mol. The maximum atomic E-state index is 13.0. The summed E-state index contributed by atoms with van der Waals surface area (Å²) in [7, 11) is 4.07. The number of nitrogens with zero attached hydrogens (tertiary/aromatic N) is 1. The van der Waals surface area contributed by atoms with Crippen LogP contribution in [0.2, 0.25) is 0 Å². The van der Waals surface area contributed by atoms with Gasteiger partial charge in [-0.15, -0.1) is 0 Å². The summed E-state index contributed by atoms with van der Waals surface area (Å²) in [5.41, 5.74) is 0. The van der Waals surface area contributed by atoms with Gasteiger partial charge in [-0.05, 0) is 151 Å². The number of carbonyl (C=O) groups excluding carboxylic acids is 3. The summed E-state index contributed by atoms with van der Waals surface area (Å²) in [6.07, 6.45) is 36.7. The number of ether oxygens (including phenoxy) is 3. The first-order valence-corrected chi connectivity index (χ1v) is 26.8. The summed E-state index contributed by atoms with van der Waals surface area (Å²) in [4.78, 5) is 40.3. The SMILES string of the molecule is CCCCCC(CCCCC)CCOC(=O)CCCCCCCC(CCCCCCCC(=O)OCC1C2CCC(C)CCC1C1CC(CC)CC1C2)OC(=O)CCCN(C)C. The van der Waals surface area contributed by atoms with Crippen LogP contribution in [-0.4, -0.2) is 62.8 Å². The predicted octanol–water partition coefficient (Wildman–Crippen LogP) is 14.5. The molecule has 7 nitrogen and oxygen atoms in total. The molecule has 8 unspecified atom stereocenters. The molecule has 0 aliphatic heterocycles. The minimum absolute atomic E-state index is 0.0127. The van der Waals surface area contributed by atoms with Gasteiger partial charge >= 0.3 is 17.9 Å². The van der Waals surface area contributed by atoms with E-state index in [0.717, 1.165) is 132 Å². The molecule has 0 heterocycles. The number of esters is 3. The molecule has 8 atom stereocenters. The Bertz CT molecular complexity index is 1130. The Morgan fingerprint density at radius 3 is 1.75 bits per heavy atom. The van der Waals surface area contributed by atoms with Crippen LogP contribution in [0.4, 0.5) is 0 Å². The second kappa shape index (κ2) is 32.9. The molecule has 0 radical (unpaired) electrons. The maximum absolute atomic E-state index is 13.0. The van der Waals surface area contributed by atoms with Crippen molar-refractivity contribution in [3.8, 4) is 0 Å². The highest BCUT2D eigenvalue weighted by Gasteiger charge is 2.49. The van der Waals surface area contributed by atoms with Crippen molar-refractivity contribution in [3.63, 3.8) is 0 Å². The molecule has 0 spiro atoms.